The van der Waals surface area contributed by atoms with Gasteiger partial charge >= 0.3 is 0 Å². The highest BCUT2D eigenvalue weighted by Gasteiger charge is 2.35. The third kappa shape index (κ3) is 3.46. The van der Waals surface area contributed by atoms with E-state index in [2.05, 4.69) is 15.5 Å². The Morgan fingerprint density at radius 3 is 2.58 bits per heavy atom. The zero-order chi connectivity index (χ0) is 17.3. The maximum absolute atomic E-state index is 12.4. The third-order valence-corrected chi connectivity index (χ3v) is 5.12. The molecule has 2 amide bonds. The van der Waals surface area contributed by atoms with Crippen LogP contribution < -0.4 is 10.2 Å². The van der Waals surface area contributed by atoms with Gasteiger partial charge in [0.2, 0.25) is 16.9 Å². The van der Waals surface area contributed by atoms with Gasteiger partial charge < -0.3 is 10.2 Å². The van der Waals surface area contributed by atoms with Gasteiger partial charge in [0.15, 0.2) is 0 Å². The number of nitrogens with one attached hydrogen (secondary N) is 1. The largest absolute Gasteiger partial charge is 0.312 e. The predicted molar refractivity (Wildman–Crippen MR) is 94.1 cm³/mol. The molecule has 1 atom stereocenters. The van der Waals surface area contributed by atoms with E-state index in [9.17, 15) is 9.59 Å². The van der Waals surface area contributed by atoms with Gasteiger partial charge in [0.1, 0.15) is 5.01 Å². The van der Waals surface area contributed by atoms with Crippen LogP contribution in [0.15, 0.2) is 30.3 Å². The van der Waals surface area contributed by atoms with Crippen LogP contribution in [0.1, 0.15) is 32.2 Å². The van der Waals surface area contributed by atoms with Gasteiger partial charge in [-0.25, -0.2) is 0 Å². The number of carbonyl (C=O) groups excluding carboxylic acids is 2. The van der Waals surface area contributed by atoms with E-state index in [0.717, 1.165) is 10.7 Å². The molecule has 6 nitrogen and oxygen atoms in total. The molecule has 0 radical (unpaired) electrons. The predicted octanol–water partition coefficient (Wildman–Crippen LogP) is 2.83. The van der Waals surface area contributed by atoms with Gasteiger partial charge in [-0.3, -0.25) is 9.59 Å². The molecular weight excluding hydrogens is 324 g/mol. The highest BCUT2D eigenvalue weighted by atomic mass is 32.1. The second-order valence-electron chi connectivity index (χ2n) is 6.89. The van der Waals surface area contributed by atoms with Crippen LogP contribution in [0.5, 0.6) is 0 Å². The number of aromatic nitrogens is 2. The highest BCUT2D eigenvalue weighted by molar-refractivity contribution is 7.15. The fourth-order valence-corrected chi connectivity index (χ4v) is 3.33. The van der Waals surface area contributed by atoms with E-state index in [-0.39, 0.29) is 29.6 Å². The number of para-hydroxylation sites is 1. The Hall–Kier alpha value is -2.28. The number of anilines is 2. The van der Waals surface area contributed by atoms with Gasteiger partial charge in [-0.15, -0.1) is 10.2 Å². The summed E-state index contributed by atoms with van der Waals surface area (Å²) in [5.74, 6) is -0.591. The van der Waals surface area contributed by atoms with Crippen molar-refractivity contribution in [3.63, 3.8) is 0 Å². The molecule has 1 aliphatic heterocycles. The first kappa shape index (κ1) is 16.6. The number of hydrogen-bond acceptors (Lipinski definition) is 5. The molecule has 1 aliphatic rings. The lowest BCUT2D eigenvalue weighted by molar-refractivity contribution is -0.122. The Labute approximate surface area is 144 Å². The van der Waals surface area contributed by atoms with Crippen molar-refractivity contribution in [3.05, 3.63) is 35.3 Å². The third-order valence-electron chi connectivity index (χ3n) is 3.86. The van der Waals surface area contributed by atoms with Gasteiger partial charge in [-0.1, -0.05) is 50.3 Å². The van der Waals surface area contributed by atoms with Crippen LogP contribution in [0.25, 0.3) is 0 Å². The summed E-state index contributed by atoms with van der Waals surface area (Å²) in [7, 11) is 0. The lowest BCUT2D eigenvalue weighted by atomic mass is 9.98. The molecule has 1 aromatic carbocycles. The SMILES string of the molecule is CC(C)(C)c1nnc(NC(=O)[C@H]2CC(=O)N(c3ccccc3)C2)s1. The van der Waals surface area contributed by atoms with Crippen LogP contribution in [-0.4, -0.2) is 28.6 Å². The monoisotopic (exact) mass is 344 g/mol. The lowest BCUT2D eigenvalue weighted by Gasteiger charge is -2.16. The first-order valence-electron chi connectivity index (χ1n) is 7.85. The van der Waals surface area contributed by atoms with Crippen molar-refractivity contribution in [2.24, 2.45) is 5.92 Å². The average molecular weight is 344 g/mol. The molecule has 1 fully saturated rings. The summed E-state index contributed by atoms with van der Waals surface area (Å²) in [6.07, 6.45) is 0.214. The maximum Gasteiger partial charge on any atom is 0.231 e. The topological polar surface area (TPSA) is 75.2 Å². The van der Waals surface area contributed by atoms with Crippen LogP contribution in [0.2, 0.25) is 0 Å². The van der Waals surface area contributed by atoms with Gasteiger partial charge in [0.05, 0.1) is 5.92 Å². The van der Waals surface area contributed by atoms with Crippen molar-refractivity contribution >= 4 is 34.0 Å². The average Bonchev–Trinajstić information content (AvgIpc) is 3.14. The van der Waals surface area contributed by atoms with Crippen molar-refractivity contribution in [2.45, 2.75) is 32.6 Å². The van der Waals surface area contributed by atoms with Gasteiger partial charge in [-0.2, -0.15) is 0 Å². The smallest absolute Gasteiger partial charge is 0.231 e. The van der Waals surface area contributed by atoms with Crippen molar-refractivity contribution in [3.8, 4) is 0 Å². The van der Waals surface area contributed by atoms with E-state index in [1.165, 1.54) is 11.3 Å². The van der Waals surface area contributed by atoms with Crippen LogP contribution >= 0.6 is 11.3 Å². The number of amides is 2. The number of benzene rings is 1. The summed E-state index contributed by atoms with van der Waals surface area (Å²) in [4.78, 5) is 26.3. The summed E-state index contributed by atoms with van der Waals surface area (Å²) in [6.45, 7) is 6.53. The van der Waals surface area contributed by atoms with E-state index < -0.39 is 0 Å². The molecule has 7 heteroatoms. The zero-order valence-corrected chi connectivity index (χ0v) is 14.8. The fourth-order valence-electron chi connectivity index (χ4n) is 2.52. The molecular formula is C17H20N4O2S. The Morgan fingerprint density at radius 1 is 1.25 bits per heavy atom. The molecule has 1 aromatic heterocycles. The number of rotatable bonds is 3. The molecule has 2 heterocycles. The minimum Gasteiger partial charge on any atom is -0.312 e. The minimum absolute atomic E-state index is 0.0333. The summed E-state index contributed by atoms with van der Waals surface area (Å²) in [6, 6.07) is 9.41. The van der Waals surface area contributed by atoms with Gasteiger partial charge in [0, 0.05) is 24.1 Å². The van der Waals surface area contributed by atoms with Crippen LogP contribution in [0, 0.1) is 5.92 Å². The molecule has 0 aliphatic carbocycles. The van der Waals surface area contributed by atoms with E-state index in [1.807, 2.05) is 51.1 Å². The first-order valence-corrected chi connectivity index (χ1v) is 8.66. The van der Waals surface area contributed by atoms with E-state index in [1.54, 1.807) is 4.90 Å². The standard InChI is InChI=1S/C17H20N4O2S/c1-17(2,3)15-19-20-16(24-15)18-14(23)11-9-13(22)21(10-11)12-7-5-4-6-8-12/h4-8,11H,9-10H2,1-3H3,(H,18,20,23)/t11-/m0/s1. The molecule has 24 heavy (non-hydrogen) atoms. The molecule has 0 saturated carbocycles. The second-order valence-corrected chi connectivity index (χ2v) is 7.87. The normalized spacial score (nSPS) is 18.0. The first-order chi connectivity index (χ1) is 11.3. The second kappa shape index (κ2) is 6.32. The van der Waals surface area contributed by atoms with Crippen molar-refractivity contribution in [1.29, 1.82) is 0 Å². The summed E-state index contributed by atoms with van der Waals surface area (Å²) in [5, 5.41) is 12.3. The van der Waals surface area contributed by atoms with Crippen LogP contribution in [0.4, 0.5) is 10.8 Å². The Morgan fingerprint density at radius 2 is 1.96 bits per heavy atom. The Kier molecular flexibility index (Phi) is 4.36. The maximum atomic E-state index is 12.4. The zero-order valence-electron chi connectivity index (χ0n) is 13.9. The van der Waals surface area contributed by atoms with E-state index in [0.29, 0.717) is 11.7 Å². The Bertz CT molecular complexity index is 751. The van der Waals surface area contributed by atoms with Crippen molar-refractivity contribution in [1.82, 2.24) is 10.2 Å². The molecule has 3 rings (SSSR count). The van der Waals surface area contributed by atoms with Crippen LogP contribution in [-0.2, 0) is 15.0 Å². The van der Waals surface area contributed by atoms with E-state index >= 15 is 0 Å². The summed E-state index contributed by atoms with van der Waals surface area (Å²) in [5.41, 5.74) is 0.720. The minimum atomic E-state index is -0.375. The van der Waals surface area contributed by atoms with Crippen molar-refractivity contribution in [2.75, 3.05) is 16.8 Å². The van der Waals surface area contributed by atoms with Gasteiger partial charge in [0.25, 0.3) is 0 Å². The number of nitrogens with zero attached hydrogens (tertiary/aromatic N) is 3. The molecule has 126 valence electrons. The molecule has 2 aromatic rings. The molecule has 0 bridgehead atoms. The Balaban J connectivity index is 1.66. The molecule has 1 N–H and O–H groups in total. The number of hydrogen-bond donors (Lipinski definition) is 1. The molecule has 0 unspecified atom stereocenters. The summed E-state index contributed by atoms with van der Waals surface area (Å²) < 4.78 is 0. The molecule has 0 spiro atoms. The van der Waals surface area contributed by atoms with E-state index in [4.69, 9.17) is 0 Å². The van der Waals surface area contributed by atoms with Crippen molar-refractivity contribution < 1.29 is 9.59 Å². The summed E-state index contributed by atoms with van der Waals surface area (Å²) >= 11 is 1.37. The highest BCUT2D eigenvalue weighted by Crippen LogP contribution is 2.29. The molecule has 1 saturated heterocycles. The lowest BCUT2D eigenvalue weighted by Crippen LogP contribution is -2.28. The fraction of sp³-hybridized carbons (Fsp3) is 0.412. The quantitative estimate of drug-likeness (QED) is 0.929. The van der Waals surface area contributed by atoms with Gasteiger partial charge in [-0.05, 0) is 12.1 Å². The number of carbonyl (C=O) groups is 2. The van der Waals surface area contributed by atoms with Crippen LogP contribution in [0.3, 0.4) is 0 Å².